The highest BCUT2D eigenvalue weighted by atomic mass is 16.2. The highest BCUT2D eigenvalue weighted by molar-refractivity contribution is 5.96. The SMILES string of the molecule is C=CCn1c(N/N=C(C)/C=C/c2ccccc2)nc2c1c(=O)n(C)c(=O)n2C. The monoisotopic (exact) mass is 378 g/mol. The van der Waals surface area contributed by atoms with E-state index in [4.69, 9.17) is 0 Å². The number of hydrazone groups is 1. The van der Waals surface area contributed by atoms with E-state index in [1.54, 1.807) is 17.7 Å². The summed E-state index contributed by atoms with van der Waals surface area (Å²) in [6, 6.07) is 9.88. The summed E-state index contributed by atoms with van der Waals surface area (Å²) in [4.78, 5) is 29.2. The minimum atomic E-state index is -0.433. The predicted molar refractivity (Wildman–Crippen MR) is 113 cm³/mol. The van der Waals surface area contributed by atoms with E-state index in [0.717, 1.165) is 15.8 Å². The number of aryl methyl sites for hydroxylation is 1. The highest BCUT2D eigenvalue weighted by Crippen LogP contribution is 2.15. The fraction of sp³-hybridized carbons (Fsp3) is 0.200. The van der Waals surface area contributed by atoms with E-state index in [1.807, 2.05) is 49.4 Å². The van der Waals surface area contributed by atoms with Crippen LogP contribution in [0.1, 0.15) is 12.5 Å². The number of fused-ring (bicyclic) bond motifs is 1. The van der Waals surface area contributed by atoms with Gasteiger partial charge in [-0.05, 0) is 18.6 Å². The van der Waals surface area contributed by atoms with Crippen molar-refractivity contribution in [1.82, 2.24) is 18.7 Å². The second-order valence-electron chi connectivity index (χ2n) is 6.32. The molecular weight excluding hydrogens is 356 g/mol. The molecule has 0 aliphatic rings. The fourth-order valence-corrected chi connectivity index (χ4v) is 2.80. The second kappa shape index (κ2) is 7.91. The molecule has 0 fully saturated rings. The molecule has 3 rings (SSSR count). The minimum Gasteiger partial charge on any atom is -0.299 e. The number of anilines is 1. The van der Waals surface area contributed by atoms with Gasteiger partial charge in [0.2, 0.25) is 5.95 Å². The Morgan fingerprint density at radius 2 is 1.93 bits per heavy atom. The number of benzene rings is 1. The van der Waals surface area contributed by atoms with E-state index < -0.39 is 11.2 Å². The molecule has 0 aliphatic heterocycles. The summed E-state index contributed by atoms with van der Waals surface area (Å²) >= 11 is 0. The van der Waals surface area contributed by atoms with Crippen LogP contribution in [0.5, 0.6) is 0 Å². The molecule has 0 saturated carbocycles. The van der Waals surface area contributed by atoms with Gasteiger partial charge in [-0.3, -0.25) is 18.5 Å². The maximum Gasteiger partial charge on any atom is 0.332 e. The number of aromatic nitrogens is 4. The summed E-state index contributed by atoms with van der Waals surface area (Å²) in [6.45, 7) is 5.93. The first-order chi connectivity index (χ1) is 13.4. The third-order valence-electron chi connectivity index (χ3n) is 4.31. The molecule has 0 atom stereocenters. The average molecular weight is 378 g/mol. The summed E-state index contributed by atoms with van der Waals surface area (Å²) in [6.07, 6.45) is 5.48. The summed E-state index contributed by atoms with van der Waals surface area (Å²) < 4.78 is 4.06. The van der Waals surface area contributed by atoms with E-state index >= 15 is 0 Å². The van der Waals surface area contributed by atoms with Gasteiger partial charge in [0.15, 0.2) is 11.2 Å². The lowest BCUT2D eigenvalue weighted by Crippen LogP contribution is -2.37. The van der Waals surface area contributed by atoms with E-state index in [2.05, 4.69) is 22.1 Å². The lowest BCUT2D eigenvalue weighted by molar-refractivity contribution is 0.703. The molecule has 8 nitrogen and oxygen atoms in total. The van der Waals surface area contributed by atoms with Crippen molar-refractivity contribution >= 4 is 28.9 Å². The molecule has 1 aromatic carbocycles. The quantitative estimate of drug-likeness (QED) is 0.404. The van der Waals surface area contributed by atoms with Gasteiger partial charge in [-0.1, -0.05) is 42.5 Å². The highest BCUT2D eigenvalue weighted by Gasteiger charge is 2.18. The number of hydrogen-bond donors (Lipinski definition) is 1. The van der Waals surface area contributed by atoms with Crippen molar-refractivity contribution < 1.29 is 0 Å². The Hall–Kier alpha value is -3.68. The topological polar surface area (TPSA) is 86.2 Å². The van der Waals surface area contributed by atoms with Crippen molar-refractivity contribution in [3.05, 3.63) is 75.5 Å². The molecule has 0 amide bonds. The van der Waals surface area contributed by atoms with Crippen LogP contribution in [-0.2, 0) is 20.6 Å². The van der Waals surface area contributed by atoms with Gasteiger partial charge < -0.3 is 0 Å². The van der Waals surface area contributed by atoms with Crippen LogP contribution < -0.4 is 16.7 Å². The smallest absolute Gasteiger partial charge is 0.299 e. The van der Waals surface area contributed by atoms with Crippen molar-refractivity contribution in [3.8, 4) is 0 Å². The van der Waals surface area contributed by atoms with Crippen molar-refractivity contribution in [2.45, 2.75) is 13.5 Å². The zero-order valence-corrected chi connectivity index (χ0v) is 16.1. The third-order valence-corrected chi connectivity index (χ3v) is 4.31. The molecule has 144 valence electrons. The third kappa shape index (κ3) is 3.57. The maximum atomic E-state index is 12.6. The summed E-state index contributed by atoms with van der Waals surface area (Å²) in [5.41, 5.74) is 4.45. The van der Waals surface area contributed by atoms with E-state index in [1.165, 1.54) is 11.6 Å². The van der Waals surface area contributed by atoms with Gasteiger partial charge in [-0.15, -0.1) is 6.58 Å². The largest absolute Gasteiger partial charge is 0.332 e. The van der Waals surface area contributed by atoms with Crippen LogP contribution in [0.25, 0.3) is 17.2 Å². The Morgan fingerprint density at radius 3 is 2.61 bits per heavy atom. The van der Waals surface area contributed by atoms with Crippen molar-refractivity contribution in [1.29, 1.82) is 0 Å². The number of nitrogens with one attached hydrogen (secondary N) is 1. The van der Waals surface area contributed by atoms with Crippen molar-refractivity contribution in [2.75, 3.05) is 5.43 Å². The van der Waals surface area contributed by atoms with Crippen LogP contribution in [0.3, 0.4) is 0 Å². The summed E-state index contributed by atoms with van der Waals surface area (Å²) in [7, 11) is 3.02. The van der Waals surface area contributed by atoms with E-state index in [-0.39, 0.29) is 0 Å². The molecule has 1 N–H and O–H groups in total. The molecule has 28 heavy (non-hydrogen) atoms. The first-order valence-electron chi connectivity index (χ1n) is 8.74. The normalized spacial score (nSPS) is 12.0. The average Bonchev–Trinajstić information content (AvgIpc) is 3.07. The van der Waals surface area contributed by atoms with Crippen LogP contribution in [0.15, 0.2) is 63.8 Å². The van der Waals surface area contributed by atoms with E-state index in [9.17, 15) is 9.59 Å². The molecule has 0 unspecified atom stereocenters. The van der Waals surface area contributed by atoms with Crippen LogP contribution in [0.2, 0.25) is 0 Å². The van der Waals surface area contributed by atoms with Gasteiger partial charge in [0, 0.05) is 20.6 Å². The van der Waals surface area contributed by atoms with Gasteiger partial charge >= 0.3 is 5.69 Å². The first kappa shape index (κ1) is 19.1. The molecule has 0 saturated heterocycles. The van der Waals surface area contributed by atoms with Crippen LogP contribution >= 0.6 is 0 Å². The molecule has 8 heteroatoms. The first-order valence-corrected chi connectivity index (χ1v) is 8.74. The zero-order chi connectivity index (χ0) is 20.3. The van der Waals surface area contributed by atoms with Crippen molar-refractivity contribution in [3.63, 3.8) is 0 Å². The molecule has 0 bridgehead atoms. The lowest BCUT2D eigenvalue weighted by atomic mass is 10.2. The molecule has 2 aromatic heterocycles. The Bertz CT molecular complexity index is 1200. The second-order valence-corrected chi connectivity index (χ2v) is 6.32. The Labute approximate surface area is 161 Å². The Morgan fingerprint density at radius 1 is 1.21 bits per heavy atom. The molecule has 3 aromatic rings. The molecular formula is C20H22N6O2. The number of hydrogen-bond acceptors (Lipinski definition) is 5. The zero-order valence-electron chi connectivity index (χ0n) is 16.1. The van der Waals surface area contributed by atoms with Crippen LogP contribution in [0.4, 0.5) is 5.95 Å². The van der Waals surface area contributed by atoms with Gasteiger partial charge in [0.25, 0.3) is 5.56 Å². The van der Waals surface area contributed by atoms with Gasteiger partial charge in [0.1, 0.15) is 0 Å². The van der Waals surface area contributed by atoms with Crippen LogP contribution in [-0.4, -0.2) is 24.4 Å². The van der Waals surface area contributed by atoms with Crippen molar-refractivity contribution in [2.24, 2.45) is 19.2 Å². The van der Waals surface area contributed by atoms with Gasteiger partial charge in [-0.2, -0.15) is 10.1 Å². The summed E-state index contributed by atoms with van der Waals surface area (Å²) in [5, 5.41) is 4.32. The standard InChI is InChI=1S/C20H22N6O2/c1-5-13-26-16-17(24(3)20(28)25(4)18(16)27)21-19(26)23-22-14(2)11-12-15-9-7-6-8-10-15/h5-12H,1,13H2,2-4H3,(H,21,23)/b12-11+,22-14+. The Kier molecular flexibility index (Phi) is 5.39. The van der Waals surface area contributed by atoms with Gasteiger partial charge in [-0.25, -0.2) is 10.2 Å². The van der Waals surface area contributed by atoms with E-state index in [0.29, 0.717) is 23.7 Å². The maximum absolute atomic E-state index is 12.6. The molecule has 0 spiro atoms. The number of imidazole rings is 1. The predicted octanol–water partition coefficient (Wildman–Crippen LogP) is 2.12. The van der Waals surface area contributed by atoms with Crippen LogP contribution in [0, 0.1) is 0 Å². The Balaban J connectivity index is 2.00. The summed E-state index contributed by atoms with van der Waals surface area (Å²) in [5.74, 6) is 0.362. The minimum absolute atomic E-state index is 0.296. The van der Waals surface area contributed by atoms with Gasteiger partial charge in [0.05, 0.1) is 5.71 Å². The number of allylic oxidation sites excluding steroid dienone is 2. The molecule has 2 heterocycles. The number of rotatable bonds is 6. The fourth-order valence-electron chi connectivity index (χ4n) is 2.80. The number of nitrogens with zero attached hydrogens (tertiary/aromatic N) is 5. The lowest BCUT2D eigenvalue weighted by Gasteiger charge is -2.06. The molecule has 0 radical (unpaired) electrons. The molecule has 0 aliphatic carbocycles.